The first kappa shape index (κ1) is 18.2. The summed E-state index contributed by atoms with van der Waals surface area (Å²) in [6, 6.07) is 1.38. The Kier molecular flexibility index (Phi) is 6.12. The van der Waals surface area contributed by atoms with E-state index in [1.165, 1.54) is 10.6 Å². The Balaban J connectivity index is 0.00000242. The van der Waals surface area contributed by atoms with Crippen molar-refractivity contribution in [2.75, 3.05) is 6.61 Å². The van der Waals surface area contributed by atoms with Gasteiger partial charge in [-0.2, -0.15) is 10.2 Å². The van der Waals surface area contributed by atoms with Gasteiger partial charge in [0.05, 0.1) is 6.61 Å². The Hall–Kier alpha value is -1.87. The Labute approximate surface area is 139 Å². The predicted octanol–water partition coefficient (Wildman–Crippen LogP) is 0.387. The van der Waals surface area contributed by atoms with Gasteiger partial charge in [0.15, 0.2) is 12.1 Å². The van der Waals surface area contributed by atoms with Crippen LogP contribution in [0.2, 0.25) is 0 Å². The number of rotatable bonds is 5. The van der Waals surface area contributed by atoms with E-state index < -0.39 is 11.5 Å². The first-order chi connectivity index (χ1) is 9.97. The summed E-state index contributed by atoms with van der Waals surface area (Å²) in [6.07, 6.45) is 0.562. The second-order valence-corrected chi connectivity index (χ2v) is 4.76. The van der Waals surface area contributed by atoms with E-state index in [1.54, 1.807) is 6.92 Å². The number of ether oxygens (including phenoxy) is 1. The summed E-state index contributed by atoms with van der Waals surface area (Å²) in [6.45, 7) is 5.40. The van der Waals surface area contributed by atoms with E-state index in [0.717, 1.165) is 4.68 Å². The number of hydrogen-bond donors (Lipinski definition) is 0. The summed E-state index contributed by atoms with van der Waals surface area (Å²) in [5.74, 6) is -0.0933. The monoisotopic (exact) mass is 484 g/mol. The van der Waals surface area contributed by atoms with Crippen LogP contribution in [0, 0.1) is 0 Å². The molecular weight excluding hydrogens is 466 g/mol. The maximum atomic E-state index is 12.3. The largest absolute Gasteiger partial charge is 0.465 e. The summed E-state index contributed by atoms with van der Waals surface area (Å²) in [5, 5.41) is 8.18. The number of fused-ring (bicyclic) bond motifs is 1. The molecule has 120 valence electrons. The van der Waals surface area contributed by atoms with E-state index in [1.807, 2.05) is 13.8 Å². The molecule has 0 atom stereocenters. The first-order valence-electron chi connectivity index (χ1n) is 6.59. The molecule has 2 rings (SSSR count). The average molecular weight is 483 g/mol. The van der Waals surface area contributed by atoms with Crippen LogP contribution in [0.1, 0.15) is 43.0 Å². The van der Waals surface area contributed by atoms with Crippen LogP contribution in [-0.2, 0) is 35.9 Å². The summed E-state index contributed by atoms with van der Waals surface area (Å²) in [5.41, 5.74) is -0.141. The fourth-order valence-electron chi connectivity index (χ4n) is 1.92. The maximum absolute atomic E-state index is 12.3. The quantitative estimate of drug-likeness (QED) is 0.452. The van der Waals surface area contributed by atoms with Gasteiger partial charge in [-0.3, -0.25) is 14.4 Å². The van der Waals surface area contributed by atoms with E-state index in [9.17, 15) is 14.4 Å². The van der Waals surface area contributed by atoms with Gasteiger partial charge in [-0.15, -0.1) is 0 Å². The zero-order chi connectivity index (χ0) is 15.6. The number of nitrogens with zero attached hydrogens (tertiary/aromatic N) is 4. The van der Waals surface area contributed by atoms with Crippen molar-refractivity contribution in [1.29, 1.82) is 0 Å². The van der Waals surface area contributed by atoms with Gasteiger partial charge in [-0.1, -0.05) is 13.8 Å². The topological polar surface area (TPSA) is 95.6 Å². The van der Waals surface area contributed by atoms with Crippen molar-refractivity contribution in [2.45, 2.75) is 33.2 Å². The van der Waals surface area contributed by atoms with Gasteiger partial charge in [0.2, 0.25) is 0 Å². The van der Waals surface area contributed by atoms with Gasteiger partial charge in [-0.05, 0) is 6.92 Å². The van der Waals surface area contributed by atoms with Gasteiger partial charge >= 0.3 is 5.97 Å². The molecule has 0 spiro atoms. The third kappa shape index (κ3) is 3.47. The van der Waals surface area contributed by atoms with Gasteiger partial charge in [-0.25, -0.2) is 9.20 Å². The third-order valence-corrected chi connectivity index (χ3v) is 2.84. The molecule has 0 fully saturated rings. The molecule has 0 aliphatic rings. The van der Waals surface area contributed by atoms with Crippen molar-refractivity contribution in [3.05, 3.63) is 27.9 Å². The van der Waals surface area contributed by atoms with Crippen molar-refractivity contribution < 1.29 is 34.1 Å². The number of carbonyl (C=O) groups excluding carboxylic acids is 2. The van der Waals surface area contributed by atoms with E-state index in [4.69, 9.17) is 4.74 Å². The Bertz CT molecular complexity index is 750. The molecular formula is C13H16N4O4Os. The second kappa shape index (κ2) is 7.41. The molecule has 9 heteroatoms. The molecule has 8 nitrogen and oxygen atoms in total. The van der Waals surface area contributed by atoms with Crippen LogP contribution >= 0.6 is 0 Å². The molecule has 0 aliphatic heterocycles. The molecule has 0 bridgehead atoms. The number of aromatic nitrogens is 4. The van der Waals surface area contributed by atoms with Crippen molar-refractivity contribution >= 4 is 17.8 Å². The summed E-state index contributed by atoms with van der Waals surface area (Å²) in [4.78, 5) is 34.7. The average Bonchev–Trinajstić information content (AvgIpc) is 2.86. The normalized spacial score (nSPS) is 10.5. The van der Waals surface area contributed by atoms with Crippen LogP contribution in [-0.4, -0.2) is 38.3 Å². The molecule has 0 aliphatic carbocycles. The van der Waals surface area contributed by atoms with Crippen LogP contribution in [0.15, 0.2) is 10.9 Å². The second-order valence-electron chi connectivity index (χ2n) is 4.76. The Morgan fingerprint density at radius 2 is 2.09 bits per heavy atom. The molecule has 0 aromatic carbocycles. The molecule has 0 saturated heterocycles. The van der Waals surface area contributed by atoms with Crippen molar-refractivity contribution in [2.24, 2.45) is 0 Å². The molecule has 0 saturated carbocycles. The Morgan fingerprint density at radius 3 is 2.64 bits per heavy atom. The van der Waals surface area contributed by atoms with Crippen molar-refractivity contribution in [3.8, 4) is 0 Å². The molecule has 2 aromatic heterocycles. The van der Waals surface area contributed by atoms with Gasteiger partial charge in [0, 0.05) is 31.8 Å². The molecule has 0 unspecified atom stereocenters. The maximum Gasteiger partial charge on any atom is 0.327 e. The molecule has 0 amide bonds. The van der Waals surface area contributed by atoms with E-state index in [-0.39, 0.29) is 50.1 Å². The first-order valence-corrected chi connectivity index (χ1v) is 6.59. The smallest absolute Gasteiger partial charge is 0.327 e. The van der Waals surface area contributed by atoms with Gasteiger partial charge < -0.3 is 4.74 Å². The molecule has 2 aromatic rings. The fourth-order valence-corrected chi connectivity index (χ4v) is 1.92. The zero-order valence-corrected chi connectivity index (χ0v) is 15.0. The molecule has 0 N–H and O–H groups in total. The SMILES string of the molecule is CCOC(=O)Cn1nc(C(C)C)n2nc(C=O)cc2c1=O.[Os]. The molecule has 0 radical (unpaired) electrons. The molecule has 22 heavy (non-hydrogen) atoms. The number of carbonyl (C=O) groups is 2. The van der Waals surface area contributed by atoms with Gasteiger partial charge in [0.1, 0.15) is 17.8 Å². The van der Waals surface area contributed by atoms with Crippen LogP contribution in [0.25, 0.3) is 5.52 Å². The molecule has 2 heterocycles. The summed E-state index contributed by atoms with van der Waals surface area (Å²) in [7, 11) is 0. The van der Waals surface area contributed by atoms with Crippen molar-refractivity contribution in [1.82, 2.24) is 19.4 Å². The van der Waals surface area contributed by atoms with Crippen LogP contribution in [0.4, 0.5) is 0 Å². The van der Waals surface area contributed by atoms with Crippen LogP contribution in [0.3, 0.4) is 0 Å². The fraction of sp³-hybridized carbons (Fsp3) is 0.462. The Morgan fingerprint density at radius 1 is 1.41 bits per heavy atom. The minimum atomic E-state index is -0.540. The minimum absolute atomic E-state index is 0. The van der Waals surface area contributed by atoms with Crippen molar-refractivity contribution in [3.63, 3.8) is 0 Å². The number of aldehydes is 1. The third-order valence-electron chi connectivity index (χ3n) is 2.84. The predicted molar refractivity (Wildman–Crippen MR) is 73.4 cm³/mol. The standard InChI is InChI=1S/C13H16N4O4.Os/c1-4-21-11(19)6-16-13(20)10-5-9(7-18)14-17(10)12(15-16)8(2)3;/h5,7-8H,4,6H2,1-3H3;. The number of hydrogen-bond acceptors (Lipinski definition) is 6. The van der Waals surface area contributed by atoms with Crippen LogP contribution < -0.4 is 5.56 Å². The summed E-state index contributed by atoms with van der Waals surface area (Å²) < 4.78 is 7.21. The zero-order valence-electron chi connectivity index (χ0n) is 12.4. The van der Waals surface area contributed by atoms with E-state index in [2.05, 4.69) is 10.2 Å². The van der Waals surface area contributed by atoms with E-state index in [0.29, 0.717) is 12.1 Å². The summed E-state index contributed by atoms with van der Waals surface area (Å²) >= 11 is 0. The van der Waals surface area contributed by atoms with Crippen LogP contribution in [0.5, 0.6) is 0 Å². The number of esters is 1. The van der Waals surface area contributed by atoms with Gasteiger partial charge in [0.25, 0.3) is 5.56 Å². The van der Waals surface area contributed by atoms with E-state index >= 15 is 0 Å². The minimum Gasteiger partial charge on any atom is -0.465 e.